The Morgan fingerprint density at radius 3 is 2.43 bits per heavy atom. The minimum atomic E-state index is -3.68. The molecule has 0 aliphatic heterocycles. The Morgan fingerprint density at radius 1 is 1.24 bits per heavy atom. The van der Waals surface area contributed by atoms with E-state index >= 15 is 0 Å². The number of benzene rings is 1. The summed E-state index contributed by atoms with van der Waals surface area (Å²) in [5.41, 5.74) is 0.557. The molecule has 7 heteroatoms. The van der Waals surface area contributed by atoms with E-state index in [-0.39, 0.29) is 28.5 Å². The van der Waals surface area contributed by atoms with Crippen LogP contribution < -0.4 is 5.32 Å². The summed E-state index contributed by atoms with van der Waals surface area (Å²) in [4.78, 5) is 22.4. The van der Waals surface area contributed by atoms with Crippen LogP contribution in [0.3, 0.4) is 0 Å². The van der Waals surface area contributed by atoms with Gasteiger partial charge in [-0.05, 0) is 31.0 Å². The monoisotopic (exact) mass is 313 g/mol. The Kier molecular flexibility index (Phi) is 5.90. The van der Waals surface area contributed by atoms with Gasteiger partial charge in [0.25, 0.3) is 0 Å². The van der Waals surface area contributed by atoms with E-state index in [4.69, 9.17) is 5.11 Å². The van der Waals surface area contributed by atoms with Crippen molar-refractivity contribution in [2.45, 2.75) is 31.6 Å². The quantitative estimate of drug-likeness (QED) is 0.789. The number of rotatable bonds is 7. The highest BCUT2D eigenvalue weighted by Gasteiger charge is 2.19. The van der Waals surface area contributed by atoms with Crippen molar-refractivity contribution < 1.29 is 23.1 Å². The second-order valence-electron chi connectivity index (χ2n) is 4.50. The molecule has 1 aromatic carbocycles. The smallest absolute Gasteiger partial charge is 0.336 e. The molecule has 21 heavy (non-hydrogen) atoms. The van der Waals surface area contributed by atoms with Gasteiger partial charge in [0, 0.05) is 13.0 Å². The number of carbonyl (C=O) groups is 2. The van der Waals surface area contributed by atoms with Crippen LogP contribution in [-0.4, -0.2) is 37.7 Å². The number of aromatic carboxylic acids is 1. The van der Waals surface area contributed by atoms with Crippen molar-refractivity contribution in [1.29, 1.82) is 0 Å². The van der Waals surface area contributed by atoms with Gasteiger partial charge in [-0.2, -0.15) is 0 Å². The van der Waals surface area contributed by atoms with Crippen LogP contribution in [0.2, 0.25) is 0 Å². The van der Waals surface area contributed by atoms with E-state index in [0.717, 1.165) is 6.07 Å². The van der Waals surface area contributed by atoms with Gasteiger partial charge in [-0.1, -0.05) is 13.0 Å². The van der Waals surface area contributed by atoms with Crippen LogP contribution >= 0.6 is 0 Å². The highest BCUT2D eigenvalue weighted by Crippen LogP contribution is 2.18. The van der Waals surface area contributed by atoms with Gasteiger partial charge in [0.05, 0.1) is 16.2 Å². The van der Waals surface area contributed by atoms with E-state index < -0.39 is 15.8 Å². The third-order valence-corrected chi connectivity index (χ3v) is 4.74. The predicted octanol–water partition coefficient (Wildman–Crippen LogP) is 1.25. The molecule has 0 aliphatic rings. The first-order valence-electron chi connectivity index (χ1n) is 6.67. The number of sulfone groups is 1. The molecule has 0 aliphatic carbocycles. The molecule has 2 N–H and O–H groups in total. The van der Waals surface area contributed by atoms with Crippen molar-refractivity contribution in [1.82, 2.24) is 5.32 Å². The summed E-state index contributed by atoms with van der Waals surface area (Å²) in [5.74, 6) is -1.85. The minimum Gasteiger partial charge on any atom is -0.478 e. The van der Waals surface area contributed by atoms with Crippen LogP contribution in [0.1, 0.15) is 36.2 Å². The summed E-state index contributed by atoms with van der Waals surface area (Å²) in [6.45, 7) is 3.98. The number of carboxylic acid groups (broad SMARTS) is 1. The van der Waals surface area contributed by atoms with Gasteiger partial charge in [-0.15, -0.1) is 0 Å². The van der Waals surface area contributed by atoms with Crippen molar-refractivity contribution >= 4 is 21.7 Å². The van der Waals surface area contributed by atoms with E-state index in [1.807, 2.05) is 0 Å². The highest BCUT2D eigenvalue weighted by atomic mass is 32.2. The first kappa shape index (κ1) is 17.2. The van der Waals surface area contributed by atoms with Gasteiger partial charge < -0.3 is 10.4 Å². The zero-order valence-corrected chi connectivity index (χ0v) is 12.9. The Morgan fingerprint density at radius 2 is 1.90 bits per heavy atom. The van der Waals surface area contributed by atoms with Crippen molar-refractivity contribution in [3.63, 3.8) is 0 Å². The molecule has 0 aromatic heterocycles. The number of hydrogen-bond donors (Lipinski definition) is 2. The van der Waals surface area contributed by atoms with Gasteiger partial charge in [-0.3, -0.25) is 4.79 Å². The first-order chi connectivity index (χ1) is 9.81. The van der Waals surface area contributed by atoms with E-state index in [2.05, 4.69) is 5.32 Å². The Balaban J connectivity index is 3.01. The summed E-state index contributed by atoms with van der Waals surface area (Å²) in [5, 5.41) is 11.6. The summed E-state index contributed by atoms with van der Waals surface area (Å²) in [6.07, 6.45) is 0.356. The second-order valence-corrected chi connectivity index (χ2v) is 6.61. The Bertz CT molecular complexity index is 637. The molecule has 0 fully saturated rings. The number of carboxylic acids is 1. The third kappa shape index (κ3) is 4.56. The van der Waals surface area contributed by atoms with Crippen molar-refractivity contribution in [3.8, 4) is 0 Å². The first-order valence-corrected chi connectivity index (χ1v) is 8.32. The highest BCUT2D eigenvalue weighted by molar-refractivity contribution is 7.91. The van der Waals surface area contributed by atoms with Gasteiger partial charge in [0.1, 0.15) is 0 Å². The fourth-order valence-electron chi connectivity index (χ4n) is 1.89. The van der Waals surface area contributed by atoms with Gasteiger partial charge >= 0.3 is 5.97 Å². The topological polar surface area (TPSA) is 101 Å². The van der Waals surface area contributed by atoms with Crippen LogP contribution in [0.5, 0.6) is 0 Å². The summed E-state index contributed by atoms with van der Waals surface area (Å²) < 4.78 is 24.3. The fourth-order valence-corrected chi connectivity index (χ4v) is 3.15. The minimum absolute atomic E-state index is 0.0171. The number of nitrogens with one attached hydrogen (secondary N) is 1. The molecule has 0 unspecified atom stereocenters. The number of hydrogen-bond acceptors (Lipinski definition) is 4. The van der Waals surface area contributed by atoms with Crippen molar-refractivity contribution in [2.75, 3.05) is 12.3 Å². The molecule has 116 valence electrons. The SMILES string of the molecule is CCNC(=O)CCS(=O)(=O)c1ccc(CC)c(C(=O)O)c1. The number of carbonyl (C=O) groups excluding carboxylic acids is 1. The molecular formula is C14H19NO5S. The van der Waals surface area contributed by atoms with Crippen LogP contribution in [-0.2, 0) is 21.1 Å². The molecule has 0 spiro atoms. The maximum Gasteiger partial charge on any atom is 0.336 e. The summed E-state index contributed by atoms with van der Waals surface area (Å²) in [6, 6.07) is 4.05. The zero-order chi connectivity index (χ0) is 16.0. The molecule has 0 bridgehead atoms. The predicted molar refractivity (Wildman–Crippen MR) is 78.1 cm³/mol. The van der Waals surface area contributed by atoms with Crippen LogP contribution in [0.25, 0.3) is 0 Å². The van der Waals surface area contributed by atoms with E-state index in [9.17, 15) is 18.0 Å². The molecule has 1 rings (SSSR count). The van der Waals surface area contributed by atoms with E-state index in [1.165, 1.54) is 12.1 Å². The fraction of sp³-hybridized carbons (Fsp3) is 0.429. The normalized spacial score (nSPS) is 11.1. The van der Waals surface area contributed by atoms with Gasteiger partial charge in [0.2, 0.25) is 5.91 Å². The lowest BCUT2D eigenvalue weighted by Crippen LogP contribution is -2.25. The zero-order valence-electron chi connectivity index (χ0n) is 12.0. The maximum absolute atomic E-state index is 12.1. The van der Waals surface area contributed by atoms with Crippen LogP contribution in [0.4, 0.5) is 0 Å². The van der Waals surface area contributed by atoms with Crippen LogP contribution in [0, 0.1) is 0 Å². The average Bonchev–Trinajstić information content (AvgIpc) is 2.44. The Labute approximate surface area is 124 Å². The lowest BCUT2D eigenvalue weighted by molar-refractivity contribution is -0.120. The second kappa shape index (κ2) is 7.21. The van der Waals surface area contributed by atoms with E-state index in [0.29, 0.717) is 18.5 Å². The number of aryl methyl sites for hydroxylation is 1. The third-order valence-electron chi connectivity index (χ3n) is 3.02. The molecule has 0 heterocycles. The maximum atomic E-state index is 12.1. The molecule has 0 atom stereocenters. The van der Waals surface area contributed by atoms with Crippen molar-refractivity contribution in [2.24, 2.45) is 0 Å². The molecule has 1 amide bonds. The van der Waals surface area contributed by atoms with Gasteiger partial charge in [-0.25, -0.2) is 13.2 Å². The molecule has 0 radical (unpaired) electrons. The standard InChI is InChI=1S/C14H19NO5S/c1-3-10-5-6-11(9-12(10)14(17)18)21(19,20)8-7-13(16)15-4-2/h5-6,9H,3-4,7-8H2,1-2H3,(H,15,16)(H,17,18). The largest absolute Gasteiger partial charge is 0.478 e. The van der Waals surface area contributed by atoms with Crippen LogP contribution in [0.15, 0.2) is 23.1 Å². The summed E-state index contributed by atoms with van der Waals surface area (Å²) in [7, 11) is -3.68. The lowest BCUT2D eigenvalue weighted by Gasteiger charge is -2.08. The Hall–Kier alpha value is -1.89. The average molecular weight is 313 g/mol. The molecule has 6 nitrogen and oxygen atoms in total. The lowest BCUT2D eigenvalue weighted by atomic mass is 10.1. The molecule has 0 saturated heterocycles. The number of amides is 1. The molecule has 1 aromatic rings. The van der Waals surface area contributed by atoms with Crippen molar-refractivity contribution in [3.05, 3.63) is 29.3 Å². The molecular weight excluding hydrogens is 294 g/mol. The van der Waals surface area contributed by atoms with E-state index in [1.54, 1.807) is 13.8 Å². The van der Waals surface area contributed by atoms with Gasteiger partial charge in [0.15, 0.2) is 9.84 Å². The molecule has 0 saturated carbocycles. The summed E-state index contributed by atoms with van der Waals surface area (Å²) >= 11 is 0.